The fourth-order valence-corrected chi connectivity index (χ4v) is 7.81. The molecule has 11 heteroatoms. The van der Waals surface area contributed by atoms with Crippen LogP contribution in [0.1, 0.15) is 12.0 Å². The molecule has 0 radical (unpaired) electrons. The van der Waals surface area contributed by atoms with Crippen molar-refractivity contribution < 1.29 is 17.6 Å². The first kappa shape index (κ1) is 28.1. The number of para-hydroxylation sites is 2. The van der Waals surface area contributed by atoms with Crippen molar-refractivity contribution >= 4 is 44.3 Å². The number of anilines is 1. The molecule has 4 aromatic carbocycles. The van der Waals surface area contributed by atoms with E-state index < -0.39 is 15.8 Å². The van der Waals surface area contributed by atoms with Crippen molar-refractivity contribution in [2.75, 3.05) is 17.2 Å². The van der Waals surface area contributed by atoms with E-state index in [1.807, 2.05) is 41.3 Å². The van der Waals surface area contributed by atoms with Crippen LogP contribution in [0.25, 0.3) is 28.0 Å². The van der Waals surface area contributed by atoms with Crippen molar-refractivity contribution in [1.29, 1.82) is 0 Å². The summed E-state index contributed by atoms with van der Waals surface area (Å²) in [5.74, 6) is 0.0238. The smallest absolute Gasteiger partial charge is 0.268 e. The molecule has 0 fully saturated rings. The molecular formula is C33H26FN5O3S2. The Morgan fingerprint density at radius 1 is 0.864 bits per heavy atom. The van der Waals surface area contributed by atoms with Gasteiger partial charge in [0.05, 0.1) is 16.2 Å². The van der Waals surface area contributed by atoms with E-state index in [-0.39, 0.29) is 16.6 Å². The number of thioether (sulfide) groups is 1. The molecule has 0 atom stereocenters. The summed E-state index contributed by atoms with van der Waals surface area (Å²) in [6, 6.07) is 29.2. The van der Waals surface area contributed by atoms with Crippen molar-refractivity contribution in [3.63, 3.8) is 0 Å². The molecule has 1 aliphatic heterocycles. The summed E-state index contributed by atoms with van der Waals surface area (Å²) in [7, 11) is -3.93. The lowest BCUT2D eigenvalue weighted by Gasteiger charge is -2.29. The lowest BCUT2D eigenvalue weighted by atomic mass is 10.0. The Morgan fingerprint density at radius 3 is 2.41 bits per heavy atom. The molecule has 44 heavy (non-hydrogen) atoms. The van der Waals surface area contributed by atoms with Gasteiger partial charge in [0.15, 0.2) is 11.0 Å². The molecule has 1 amide bonds. The van der Waals surface area contributed by atoms with E-state index in [9.17, 15) is 17.6 Å². The molecule has 7 rings (SSSR count). The quantitative estimate of drug-likeness (QED) is 0.193. The van der Waals surface area contributed by atoms with Gasteiger partial charge in [-0.3, -0.25) is 9.36 Å². The predicted molar refractivity (Wildman–Crippen MR) is 169 cm³/mol. The van der Waals surface area contributed by atoms with Crippen LogP contribution in [0.5, 0.6) is 0 Å². The molecule has 8 nitrogen and oxygen atoms in total. The summed E-state index contributed by atoms with van der Waals surface area (Å²) in [5, 5.41) is 10.0. The second kappa shape index (κ2) is 11.4. The minimum absolute atomic E-state index is 0.0529. The number of aromatic nitrogens is 4. The molecule has 0 N–H and O–H groups in total. The molecule has 0 spiro atoms. The second-order valence-electron chi connectivity index (χ2n) is 10.4. The molecule has 3 heterocycles. The third kappa shape index (κ3) is 4.97. The number of amides is 1. The molecule has 6 aromatic rings. The molecule has 2 aromatic heterocycles. The number of nitrogens with zero attached hydrogens (tertiary/aromatic N) is 5. The zero-order chi connectivity index (χ0) is 30.3. The van der Waals surface area contributed by atoms with Crippen molar-refractivity contribution in [3.8, 4) is 17.1 Å². The van der Waals surface area contributed by atoms with Crippen molar-refractivity contribution in [2.45, 2.75) is 22.9 Å². The highest BCUT2D eigenvalue weighted by molar-refractivity contribution is 7.99. The maximum atomic E-state index is 14.0. The fraction of sp³-hybridized carbons (Fsp3) is 0.121. The highest BCUT2D eigenvalue weighted by Crippen LogP contribution is 2.36. The topological polar surface area (TPSA) is 90.1 Å². The Bertz CT molecular complexity index is 2110. The first-order valence-corrected chi connectivity index (χ1v) is 16.5. The van der Waals surface area contributed by atoms with Crippen LogP contribution in [-0.2, 0) is 21.2 Å². The Labute approximate surface area is 257 Å². The number of rotatable bonds is 7. The van der Waals surface area contributed by atoms with Crippen molar-refractivity contribution in [1.82, 2.24) is 18.7 Å². The number of halogens is 1. The summed E-state index contributed by atoms with van der Waals surface area (Å²) in [6.07, 6.45) is 3.36. The van der Waals surface area contributed by atoms with E-state index >= 15 is 0 Å². The number of hydrogen-bond donors (Lipinski definition) is 0. The molecule has 0 bridgehead atoms. The van der Waals surface area contributed by atoms with Gasteiger partial charge in [0, 0.05) is 35.1 Å². The van der Waals surface area contributed by atoms with E-state index in [0.717, 1.165) is 24.1 Å². The van der Waals surface area contributed by atoms with Crippen LogP contribution in [-0.4, -0.2) is 45.4 Å². The standard InChI is InChI=1S/C33H26FN5O3S2/c34-24-16-18-25(19-17-24)39-32(35-36-33(39)43-22-31(40)37-20-8-10-23-9-4-6-14-29(23)37)28-21-38(30-15-7-5-13-27(28)30)44(41,42)26-11-2-1-3-12-26/h1-7,9,11-19,21H,8,10,20,22H2. The van der Waals surface area contributed by atoms with Gasteiger partial charge in [0.2, 0.25) is 5.91 Å². The van der Waals surface area contributed by atoms with Gasteiger partial charge in [-0.25, -0.2) is 16.8 Å². The summed E-state index contributed by atoms with van der Waals surface area (Å²) >= 11 is 1.23. The van der Waals surface area contributed by atoms with Crippen LogP contribution >= 0.6 is 11.8 Å². The van der Waals surface area contributed by atoms with E-state index in [4.69, 9.17) is 0 Å². The number of carbonyl (C=O) groups excluding carboxylic acids is 1. The zero-order valence-corrected chi connectivity index (χ0v) is 25.0. The second-order valence-corrected chi connectivity index (χ2v) is 13.1. The lowest BCUT2D eigenvalue weighted by molar-refractivity contribution is -0.116. The summed E-state index contributed by atoms with van der Waals surface area (Å²) in [6.45, 7) is 0.641. The largest absolute Gasteiger partial charge is 0.311 e. The Kier molecular flexibility index (Phi) is 7.27. The van der Waals surface area contributed by atoms with Gasteiger partial charge < -0.3 is 4.90 Å². The van der Waals surface area contributed by atoms with E-state index in [1.54, 1.807) is 65.4 Å². The van der Waals surface area contributed by atoms with Crippen LogP contribution in [0.15, 0.2) is 119 Å². The SMILES string of the molecule is O=C(CSc1nnc(-c2cn(S(=O)(=O)c3ccccc3)c3ccccc23)n1-c1ccc(F)cc1)N1CCCc2ccccc21. The highest BCUT2D eigenvalue weighted by atomic mass is 32.2. The van der Waals surface area contributed by atoms with Gasteiger partial charge in [0.1, 0.15) is 5.82 Å². The minimum atomic E-state index is -3.93. The average Bonchev–Trinajstić information content (AvgIpc) is 3.66. The zero-order valence-electron chi connectivity index (χ0n) is 23.4. The molecule has 0 unspecified atom stereocenters. The Hall–Kier alpha value is -4.74. The summed E-state index contributed by atoms with van der Waals surface area (Å²) in [4.78, 5) is 15.4. The van der Waals surface area contributed by atoms with Gasteiger partial charge in [-0.2, -0.15) is 0 Å². The molecule has 0 saturated carbocycles. The van der Waals surface area contributed by atoms with Gasteiger partial charge in [-0.1, -0.05) is 66.4 Å². The Morgan fingerprint density at radius 2 is 1.59 bits per heavy atom. The highest BCUT2D eigenvalue weighted by Gasteiger charge is 2.27. The van der Waals surface area contributed by atoms with Crippen LogP contribution < -0.4 is 4.90 Å². The maximum Gasteiger partial charge on any atom is 0.268 e. The molecule has 0 aliphatic carbocycles. The fourth-order valence-electron chi connectivity index (χ4n) is 5.59. The Balaban J connectivity index is 1.31. The number of fused-ring (bicyclic) bond motifs is 2. The monoisotopic (exact) mass is 623 g/mol. The van der Waals surface area contributed by atoms with Gasteiger partial charge in [0.25, 0.3) is 10.0 Å². The third-order valence-electron chi connectivity index (χ3n) is 7.67. The summed E-state index contributed by atoms with van der Waals surface area (Å²) in [5.41, 5.74) is 3.66. The third-order valence-corrected chi connectivity index (χ3v) is 10.3. The van der Waals surface area contributed by atoms with Gasteiger partial charge >= 0.3 is 0 Å². The number of carbonyl (C=O) groups is 1. The molecule has 1 aliphatic rings. The van der Waals surface area contributed by atoms with Crippen LogP contribution in [0.2, 0.25) is 0 Å². The number of aryl methyl sites for hydroxylation is 1. The van der Waals surface area contributed by atoms with Gasteiger partial charge in [-0.05, 0) is 66.9 Å². The van der Waals surface area contributed by atoms with E-state index in [1.165, 1.54) is 27.9 Å². The summed E-state index contributed by atoms with van der Waals surface area (Å²) < 4.78 is 44.4. The first-order valence-electron chi connectivity index (χ1n) is 14.1. The van der Waals surface area contributed by atoms with E-state index in [0.29, 0.717) is 39.7 Å². The van der Waals surface area contributed by atoms with Crippen molar-refractivity contribution in [3.05, 3.63) is 121 Å². The average molecular weight is 624 g/mol. The van der Waals surface area contributed by atoms with Gasteiger partial charge in [-0.15, -0.1) is 10.2 Å². The normalized spacial score (nSPS) is 13.2. The van der Waals surface area contributed by atoms with Crippen molar-refractivity contribution in [2.24, 2.45) is 0 Å². The predicted octanol–water partition coefficient (Wildman–Crippen LogP) is 6.34. The first-order chi connectivity index (χ1) is 21.4. The minimum Gasteiger partial charge on any atom is -0.311 e. The van der Waals surface area contributed by atoms with Crippen LogP contribution in [0.4, 0.5) is 10.1 Å². The molecule has 220 valence electrons. The van der Waals surface area contributed by atoms with Crippen LogP contribution in [0, 0.1) is 5.82 Å². The lowest BCUT2D eigenvalue weighted by Crippen LogP contribution is -2.36. The molecular weight excluding hydrogens is 598 g/mol. The maximum absolute atomic E-state index is 14.0. The molecule has 0 saturated heterocycles. The van der Waals surface area contributed by atoms with E-state index in [2.05, 4.69) is 10.2 Å². The number of hydrogen-bond acceptors (Lipinski definition) is 6. The van der Waals surface area contributed by atoms with Crippen LogP contribution in [0.3, 0.4) is 0 Å². The number of benzene rings is 4.